The normalized spacial score (nSPS) is 53.8. The molecule has 11 heavy (non-hydrogen) atoms. The molecule has 0 spiro atoms. The summed E-state index contributed by atoms with van der Waals surface area (Å²) in [6.07, 6.45) is 1.13. The largest absolute Gasteiger partial charge is 0.479 e. The maximum atomic E-state index is 10.7. The van der Waals surface area contributed by atoms with Crippen molar-refractivity contribution in [2.45, 2.75) is 28.9 Å². The molecule has 0 aromatic carbocycles. The van der Waals surface area contributed by atoms with Crippen molar-refractivity contribution >= 4 is 29.2 Å². The maximum Gasteiger partial charge on any atom is 0.342 e. The minimum Gasteiger partial charge on any atom is -0.479 e. The van der Waals surface area contributed by atoms with Crippen LogP contribution in [0.1, 0.15) is 12.8 Å². The van der Waals surface area contributed by atoms with Gasteiger partial charge in [-0.15, -0.1) is 11.6 Å². The Kier molecular flexibility index (Phi) is 1.28. The molecule has 3 nitrogen and oxygen atoms in total. The van der Waals surface area contributed by atoms with Crippen LogP contribution in [0.5, 0.6) is 0 Å². The molecule has 1 heterocycles. The number of hydrogen-bond acceptors (Lipinski definition) is 2. The number of fused-ring (bicyclic) bond motifs is 1. The molecule has 3 unspecified atom stereocenters. The van der Waals surface area contributed by atoms with Gasteiger partial charge in [-0.3, -0.25) is 0 Å². The van der Waals surface area contributed by atoms with Gasteiger partial charge >= 0.3 is 5.97 Å². The Labute approximate surface area is 73.2 Å². The zero-order valence-corrected chi connectivity index (χ0v) is 7.02. The molecule has 3 atom stereocenters. The summed E-state index contributed by atoms with van der Waals surface area (Å²) >= 11 is 11.6. The van der Waals surface area contributed by atoms with Gasteiger partial charge in [0.05, 0.1) is 5.38 Å². The minimum absolute atomic E-state index is 0.488. The fourth-order valence-electron chi connectivity index (χ4n) is 1.62. The van der Waals surface area contributed by atoms with E-state index in [2.05, 4.69) is 0 Å². The lowest BCUT2D eigenvalue weighted by atomic mass is 10.1. The van der Waals surface area contributed by atoms with E-state index in [0.717, 1.165) is 0 Å². The average molecular weight is 197 g/mol. The first-order valence-electron chi connectivity index (χ1n) is 3.29. The first-order chi connectivity index (χ1) is 5.03. The van der Waals surface area contributed by atoms with Gasteiger partial charge in [0.15, 0.2) is 5.06 Å². The lowest BCUT2D eigenvalue weighted by Crippen LogP contribution is -2.34. The fourth-order valence-corrected chi connectivity index (χ4v) is 2.54. The van der Waals surface area contributed by atoms with Crippen LogP contribution in [0.25, 0.3) is 0 Å². The number of carboxylic acids is 1. The molecule has 0 bridgehead atoms. The summed E-state index contributed by atoms with van der Waals surface area (Å²) in [5.74, 6) is -1.05. The standard InChI is InChI=1S/C6H6Cl2O3/c7-3-1-2-5(8)6(3,11-5)4(9)10/h3H,1-2H2,(H,9,10). The van der Waals surface area contributed by atoms with Crippen molar-refractivity contribution in [2.24, 2.45) is 0 Å². The Morgan fingerprint density at radius 2 is 2.36 bits per heavy atom. The van der Waals surface area contributed by atoms with E-state index in [1.165, 1.54) is 0 Å². The molecule has 0 radical (unpaired) electrons. The van der Waals surface area contributed by atoms with Crippen LogP contribution in [0.3, 0.4) is 0 Å². The molecule has 1 N–H and O–H groups in total. The van der Waals surface area contributed by atoms with Gasteiger partial charge in [-0.1, -0.05) is 11.6 Å². The SMILES string of the molecule is O=C(O)C12OC1(Cl)CCC2Cl. The van der Waals surface area contributed by atoms with Crippen LogP contribution in [-0.4, -0.2) is 27.1 Å². The second kappa shape index (κ2) is 1.84. The highest BCUT2D eigenvalue weighted by atomic mass is 35.5. The molecule has 2 rings (SSSR count). The van der Waals surface area contributed by atoms with E-state index >= 15 is 0 Å². The second-order valence-corrected chi connectivity index (χ2v) is 4.01. The van der Waals surface area contributed by atoms with Crippen molar-refractivity contribution in [3.05, 3.63) is 0 Å². The molecule has 1 saturated carbocycles. The third kappa shape index (κ3) is 0.668. The number of hydrogen-bond donors (Lipinski definition) is 1. The van der Waals surface area contributed by atoms with E-state index in [4.69, 9.17) is 33.0 Å². The Bertz CT molecular complexity index is 232. The number of aliphatic carboxylic acids is 1. The van der Waals surface area contributed by atoms with Crippen molar-refractivity contribution < 1.29 is 14.6 Å². The molecule has 2 fully saturated rings. The molecule has 1 aliphatic heterocycles. The van der Waals surface area contributed by atoms with Crippen LogP contribution in [0.2, 0.25) is 0 Å². The van der Waals surface area contributed by atoms with Crippen LogP contribution >= 0.6 is 23.2 Å². The maximum absolute atomic E-state index is 10.7. The third-order valence-electron chi connectivity index (χ3n) is 2.31. The van der Waals surface area contributed by atoms with Crippen LogP contribution in [0, 0.1) is 0 Å². The highest BCUT2D eigenvalue weighted by Crippen LogP contribution is 2.64. The highest BCUT2D eigenvalue weighted by molar-refractivity contribution is 6.33. The molecular weight excluding hydrogens is 191 g/mol. The first-order valence-corrected chi connectivity index (χ1v) is 4.11. The summed E-state index contributed by atoms with van der Waals surface area (Å²) in [6, 6.07) is 0. The molecule has 0 aromatic rings. The zero-order chi connectivity index (χ0) is 8.28. The topological polar surface area (TPSA) is 49.8 Å². The van der Waals surface area contributed by atoms with Gasteiger partial charge in [0.25, 0.3) is 0 Å². The second-order valence-electron chi connectivity index (χ2n) is 2.88. The molecule has 0 amide bonds. The van der Waals surface area contributed by atoms with Gasteiger partial charge < -0.3 is 9.84 Å². The summed E-state index contributed by atoms with van der Waals surface area (Å²) in [4.78, 5) is 10.7. The zero-order valence-electron chi connectivity index (χ0n) is 5.51. The number of alkyl halides is 2. The Morgan fingerprint density at radius 3 is 2.55 bits per heavy atom. The minimum atomic E-state index is -1.30. The smallest absolute Gasteiger partial charge is 0.342 e. The number of ether oxygens (including phenoxy) is 1. The van der Waals surface area contributed by atoms with Gasteiger partial charge in [0.2, 0.25) is 5.60 Å². The molecule has 1 saturated heterocycles. The molecule has 0 aromatic heterocycles. The number of carbonyl (C=O) groups is 1. The molecule has 1 aliphatic carbocycles. The van der Waals surface area contributed by atoms with E-state index < -0.39 is 22.0 Å². The van der Waals surface area contributed by atoms with Gasteiger partial charge in [0, 0.05) is 0 Å². The monoisotopic (exact) mass is 196 g/mol. The molecular formula is C6H6Cl2O3. The number of carboxylic acid groups (broad SMARTS) is 1. The summed E-state index contributed by atoms with van der Waals surface area (Å²) in [5, 5.41) is 7.26. The lowest BCUT2D eigenvalue weighted by Gasteiger charge is -2.06. The lowest BCUT2D eigenvalue weighted by molar-refractivity contribution is -0.143. The van der Waals surface area contributed by atoms with E-state index in [1.807, 2.05) is 0 Å². The number of epoxide rings is 1. The molecule has 62 valence electrons. The quantitative estimate of drug-likeness (QED) is 0.507. The average Bonchev–Trinajstić information content (AvgIpc) is 2.47. The van der Waals surface area contributed by atoms with Gasteiger partial charge in [0.1, 0.15) is 0 Å². The van der Waals surface area contributed by atoms with Gasteiger partial charge in [-0.2, -0.15) is 0 Å². The Balaban J connectivity index is 2.34. The van der Waals surface area contributed by atoms with Crippen LogP contribution < -0.4 is 0 Å². The Hall–Kier alpha value is 0.01000. The third-order valence-corrected chi connectivity index (χ3v) is 3.39. The van der Waals surface area contributed by atoms with Gasteiger partial charge in [-0.05, 0) is 12.8 Å². The summed E-state index contributed by atoms with van der Waals surface area (Å²) in [5.41, 5.74) is -1.30. The van der Waals surface area contributed by atoms with Crippen LogP contribution in [0.15, 0.2) is 0 Å². The van der Waals surface area contributed by atoms with Gasteiger partial charge in [-0.25, -0.2) is 4.79 Å². The summed E-state index contributed by atoms with van der Waals surface area (Å²) in [7, 11) is 0. The van der Waals surface area contributed by atoms with E-state index in [1.54, 1.807) is 0 Å². The van der Waals surface area contributed by atoms with Crippen molar-refractivity contribution in [3.63, 3.8) is 0 Å². The Morgan fingerprint density at radius 1 is 1.73 bits per heavy atom. The van der Waals surface area contributed by atoms with E-state index in [9.17, 15) is 4.79 Å². The summed E-state index contributed by atoms with van der Waals surface area (Å²) in [6.45, 7) is 0. The summed E-state index contributed by atoms with van der Waals surface area (Å²) < 4.78 is 4.94. The number of rotatable bonds is 1. The van der Waals surface area contributed by atoms with Crippen molar-refractivity contribution in [1.29, 1.82) is 0 Å². The van der Waals surface area contributed by atoms with Crippen molar-refractivity contribution in [2.75, 3.05) is 0 Å². The van der Waals surface area contributed by atoms with Crippen LogP contribution in [-0.2, 0) is 9.53 Å². The molecule has 2 aliphatic rings. The van der Waals surface area contributed by atoms with Crippen molar-refractivity contribution in [1.82, 2.24) is 0 Å². The highest BCUT2D eigenvalue weighted by Gasteiger charge is 2.81. The van der Waals surface area contributed by atoms with Crippen LogP contribution in [0.4, 0.5) is 0 Å². The van der Waals surface area contributed by atoms with E-state index in [0.29, 0.717) is 12.8 Å². The van der Waals surface area contributed by atoms with Crippen molar-refractivity contribution in [3.8, 4) is 0 Å². The number of halogens is 2. The van der Waals surface area contributed by atoms with E-state index in [-0.39, 0.29) is 0 Å². The predicted molar refractivity (Wildman–Crippen MR) is 38.9 cm³/mol. The fraction of sp³-hybridized carbons (Fsp3) is 0.833. The first kappa shape index (κ1) is 7.65. The molecule has 5 heteroatoms. The predicted octanol–water partition coefficient (Wildman–Crippen LogP) is 1.18.